The molecule has 0 radical (unpaired) electrons. The number of hydrogen-bond acceptors (Lipinski definition) is 3. The lowest BCUT2D eigenvalue weighted by molar-refractivity contribution is 0.387. The smallest absolute Gasteiger partial charge is 0.167 e. The fraction of sp³-hybridized carbons (Fsp3) is 0.250. The Morgan fingerprint density at radius 1 is 1.25 bits per heavy atom. The van der Waals surface area contributed by atoms with E-state index in [9.17, 15) is 4.39 Å². The minimum atomic E-state index is -0.452. The molecule has 0 aliphatic heterocycles. The molecule has 2 aromatic rings. The molecule has 20 heavy (non-hydrogen) atoms. The van der Waals surface area contributed by atoms with Crippen molar-refractivity contribution >= 4 is 11.4 Å². The van der Waals surface area contributed by atoms with Gasteiger partial charge in [-0.15, -0.1) is 0 Å². The van der Waals surface area contributed by atoms with Crippen LogP contribution < -0.4 is 15.8 Å². The summed E-state index contributed by atoms with van der Waals surface area (Å²) in [6.45, 7) is 2.84. The number of halogens is 1. The van der Waals surface area contributed by atoms with Crippen LogP contribution in [0.2, 0.25) is 0 Å². The van der Waals surface area contributed by atoms with Crippen molar-refractivity contribution in [3.8, 4) is 5.75 Å². The first-order valence-electron chi connectivity index (χ1n) is 6.53. The average Bonchev–Trinajstić information content (AvgIpc) is 2.47. The Kier molecular flexibility index (Phi) is 4.45. The zero-order valence-corrected chi connectivity index (χ0v) is 11.7. The molecule has 106 valence electrons. The third-order valence-corrected chi connectivity index (χ3v) is 3.29. The predicted molar refractivity (Wildman–Crippen MR) is 80.7 cm³/mol. The number of nitrogen functional groups attached to an aromatic ring is 1. The highest BCUT2D eigenvalue weighted by atomic mass is 19.1. The zero-order valence-electron chi connectivity index (χ0n) is 11.7. The van der Waals surface area contributed by atoms with Gasteiger partial charge in [0.1, 0.15) is 0 Å². The van der Waals surface area contributed by atoms with Crippen LogP contribution in [0.25, 0.3) is 0 Å². The SMILES string of the molecule is COc1cc(NCC(C)c2ccccc2)c(N)cc1F. The summed E-state index contributed by atoms with van der Waals surface area (Å²) in [5.41, 5.74) is 8.12. The van der Waals surface area contributed by atoms with Gasteiger partial charge in [-0.05, 0) is 11.5 Å². The lowest BCUT2D eigenvalue weighted by Crippen LogP contribution is -2.11. The standard InChI is InChI=1S/C16H19FN2O/c1-11(12-6-4-3-5-7-12)10-19-15-9-16(20-2)13(17)8-14(15)18/h3-9,11,19H,10,18H2,1-2H3. The maximum absolute atomic E-state index is 13.5. The van der Waals surface area contributed by atoms with Crippen molar-refractivity contribution in [2.24, 2.45) is 0 Å². The van der Waals surface area contributed by atoms with Crippen LogP contribution in [0.15, 0.2) is 42.5 Å². The maximum Gasteiger partial charge on any atom is 0.167 e. The average molecular weight is 274 g/mol. The fourth-order valence-corrected chi connectivity index (χ4v) is 2.04. The number of ether oxygens (including phenoxy) is 1. The Balaban J connectivity index is 2.07. The van der Waals surface area contributed by atoms with Gasteiger partial charge in [-0.1, -0.05) is 37.3 Å². The first-order chi connectivity index (χ1) is 9.61. The van der Waals surface area contributed by atoms with E-state index in [1.807, 2.05) is 18.2 Å². The summed E-state index contributed by atoms with van der Waals surface area (Å²) in [4.78, 5) is 0. The molecule has 0 bridgehead atoms. The largest absolute Gasteiger partial charge is 0.494 e. The van der Waals surface area contributed by atoms with Gasteiger partial charge in [-0.2, -0.15) is 0 Å². The Bertz CT molecular complexity index is 572. The number of nitrogens with one attached hydrogen (secondary N) is 1. The van der Waals surface area contributed by atoms with E-state index in [4.69, 9.17) is 10.5 Å². The minimum absolute atomic E-state index is 0.189. The summed E-state index contributed by atoms with van der Waals surface area (Å²) in [5, 5.41) is 3.24. The number of benzene rings is 2. The van der Waals surface area contributed by atoms with Crippen LogP contribution in [0, 0.1) is 5.82 Å². The summed E-state index contributed by atoms with van der Waals surface area (Å²) >= 11 is 0. The fourth-order valence-electron chi connectivity index (χ4n) is 2.04. The van der Waals surface area contributed by atoms with Gasteiger partial charge in [0.15, 0.2) is 11.6 Å². The van der Waals surface area contributed by atoms with Crippen molar-refractivity contribution in [2.45, 2.75) is 12.8 Å². The van der Waals surface area contributed by atoms with E-state index in [-0.39, 0.29) is 5.75 Å². The first kappa shape index (κ1) is 14.2. The molecule has 3 nitrogen and oxygen atoms in total. The molecule has 2 rings (SSSR count). The molecule has 0 saturated heterocycles. The van der Waals surface area contributed by atoms with Gasteiger partial charge >= 0.3 is 0 Å². The minimum Gasteiger partial charge on any atom is -0.494 e. The number of hydrogen-bond donors (Lipinski definition) is 2. The molecule has 4 heteroatoms. The first-order valence-corrected chi connectivity index (χ1v) is 6.53. The lowest BCUT2D eigenvalue weighted by atomic mass is 10.0. The molecule has 0 aromatic heterocycles. The van der Waals surface area contributed by atoms with Crippen LogP contribution >= 0.6 is 0 Å². The summed E-state index contributed by atoms with van der Waals surface area (Å²) in [6.07, 6.45) is 0. The molecule has 0 fully saturated rings. The van der Waals surface area contributed by atoms with Crippen LogP contribution in [0.1, 0.15) is 18.4 Å². The van der Waals surface area contributed by atoms with E-state index in [0.717, 1.165) is 0 Å². The molecule has 1 unspecified atom stereocenters. The highest BCUT2D eigenvalue weighted by molar-refractivity contribution is 5.68. The molecule has 2 aromatic carbocycles. The van der Waals surface area contributed by atoms with E-state index >= 15 is 0 Å². The van der Waals surface area contributed by atoms with Gasteiger partial charge in [-0.3, -0.25) is 0 Å². The van der Waals surface area contributed by atoms with Crippen molar-refractivity contribution in [3.63, 3.8) is 0 Å². The van der Waals surface area contributed by atoms with Crippen LogP contribution in [-0.2, 0) is 0 Å². The number of rotatable bonds is 5. The van der Waals surface area contributed by atoms with Crippen molar-refractivity contribution < 1.29 is 9.13 Å². The van der Waals surface area contributed by atoms with Crippen LogP contribution in [0.5, 0.6) is 5.75 Å². The van der Waals surface area contributed by atoms with Crippen molar-refractivity contribution in [2.75, 3.05) is 24.7 Å². The summed E-state index contributed by atoms with van der Waals surface area (Å²) in [5.74, 6) is 0.0624. The maximum atomic E-state index is 13.5. The van der Waals surface area contributed by atoms with Gasteiger partial charge in [0.05, 0.1) is 18.5 Å². The Morgan fingerprint density at radius 2 is 1.95 bits per heavy atom. The molecule has 1 atom stereocenters. The molecule has 0 heterocycles. The highest BCUT2D eigenvalue weighted by Crippen LogP contribution is 2.28. The van der Waals surface area contributed by atoms with E-state index in [2.05, 4.69) is 24.4 Å². The second-order valence-electron chi connectivity index (χ2n) is 4.77. The summed E-state index contributed by atoms with van der Waals surface area (Å²) < 4.78 is 18.4. The zero-order chi connectivity index (χ0) is 14.5. The number of methoxy groups -OCH3 is 1. The van der Waals surface area contributed by atoms with Crippen molar-refractivity contribution in [3.05, 3.63) is 53.8 Å². The summed E-state index contributed by atoms with van der Waals surface area (Å²) in [7, 11) is 1.44. The molecule has 0 amide bonds. The molecule has 0 aliphatic carbocycles. The molecule has 0 spiro atoms. The molecule has 3 N–H and O–H groups in total. The predicted octanol–water partition coefficient (Wildman–Crippen LogP) is 3.63. The van der Waals surface area contributed by atoms with Gasteiger partial charge in [0, 0.05) is 18.7 Å². The van der Waals surface area contributed by atoms with E-state index in [1.54, 1.807) is 6.07 Å². The Morgan fingerprint density at radius 3 is 2.60 bits per heavy atom. The number of anilines is 2. The molecule has 0 saturated carbocycles. The second kappa shape index (κ2) is 6.28. The van der Waals surface area contributed by atoms with E-state index < -0.39 is 5.82 Å². The van der Waals surface area contributed by atoms with Crippen LogP contribution in [0.3, 0.4) is 0 Å². The van der Waals surface area contributed by atoms with E-state index in [0.29, 0.717) is 23.8 Å². The highest BCUT2D eigenvalue weighted by Gasteiger charge is 2.10. The lowest BCUT2D eigenvalue weighted by Gasteiger charge is -2.16. The third-order valence-electron chi connectivity index (χ3n) is 3.29. The second-order valence-corrected chi connectivity index (χ2v) is 4.77. The van der Waals surface area contributed by atoms with Gasteiger partial charge < -0.3 is 15.8 Å². The van der Waals surface area contributed by atoms with Gasteiger partial charge in [0.2, 0.25) is 0 Å². The quantitative estimate of drug-likeness (QED) is 0.818. The summed E-state index contributed by atoms with van der Waals surface area (Å²) in [6, 6.07) is 13.0. The molecular formula is C16H19FN2O. The Hall–Kier alpha value is -2.23. The third kappa shape index (κ3) is 3.20. The molecular weight excluding hydrogens is 255 g/mol. The van der Waals surface area contributed by atoms with E-state index in [1.165, 1.54) is 18.7 Å². The monoisotopic (exact) mass is 274 g/mol. The number of nitrogens with two attached hydrogens (primary N) is 1. The normalized spacial score (nSPS) is 11.9. The van der Waals surface area contributed by atoms with Crippen molar-refractivity contribution in [1.82, 2.24) is 0 Å². The van der Waals surface area contributed by atoms with Crippen LogP contribution in [0.4, 0.5) is 15.8 Å². The Labute approximate surface area is 118 Å². The van der Waals surface area contributed by atoms with Gasteiger partial charge in [-0.25, -0.2) is 4.39 Å². The van der Waals surface area contributed by atoms with Gasteiger partial charge in [0.25, 0.3) is 0 Å². The molecule has 0 aliphatic rings. The van der Waals surface area contributed by atoms with Crippen LogP contribution in [-0.4, -0.2) is 13.7 Å². The van der Waals surface area contributed by atoms with Crippen molar-refractivity contribution in [1.29, 1.82) is 0 Å². The topological polar surface area (TPSA) is 47.3 Å².